The van der Waals surface area contributed by atoms with Gasteiger partial charge in [0, 0.05) is 17.8 Å². The van der Waals surface area contributed by atoms with Crippen molar-refractivity contribution in [2.75, 3.05) is 13.2 Å². The lowest BCUT2D eigenvalue weighted by Gasteiger charge is -2.09. The summed E-state index contributed by atoms with van der Waals surface area (Å²) in [6.45, 7) is 2.65. The van der Waals surface area contributed by atoms with Crippen LogP contribution in [0, 0.1) is 30.6 Å². The molecule has 0 saturated carbocycles. The number of ether oxygens (including phenoxy) is 2. The smallest absolute Gasteiger partial charge is 0.149 e. The number of hydrogen-bond acceptors (Lipinski definition) is 3. The Morgan fingerprint density at radius 2 is 1.64 bits per heavy atom. The van der Waals surface area contributed by atoms with Crippen LogP contribution in [0.1, 0.15) is 11.1 Å². The van der Waals surface area contributed by atoms with E-state index in [0.29, 0.717) is 18.1 Å². The summed E-state index contributed by atoms with van der Waals surface area (Å²) in [7, 11) is 0. The molecule has 2 aromatic rings. The van der Waals surface area contributed by atoms with Crippen molar-refractivity contribution >= 4 is 11.9 Å². The van der Waals surface area contributed by atoms with Gasteiger partial charge in [-0.2, -0.15) is 0 Å². The average Bonchev–Trinajstić information content (AvgIpc) is 2.65. The van der Waals surface area contributed by atoms with E-state index in [1.807, 2.05) is 42.5 Å². The van der Waals surface area contributed by atoms with Crippen LogP contribution in [-0.4, -0.2) is 19.4 Å². The van der Waals surface area contributed by atoms with Crippen LogP contribution in [0.25, 0.3) is 0 Å². The molecule has 0 atom stereocenters. The van der Waals surface area contributed by atoms with Gasteiger partial charge >= 0.3 is 0 Å². The topological polar surface area (TPSA) is 30.8 Å². The molecule has 0 aliphatic carbocycles. The predicted octanol–water partition coefficient (Wildman–Crippen LogP) is 4.08. The molecular weight excluding hydrogens is 310 g/mol. The number of nitrogens with zero attached hydrogens (tertiary/aromatic N) is 1. The van der Waals surface area contributed by atoms with E-state index >= 15 is 0 Å². The van der Waals surface area contributed by atoms with E-state index in [0.717, 1.165) is 11.3 Å². The number of allylic oxidation sites excluding steroid dienone is 2. The Kier molecular flexibility index (Phi) is 5.54. The molecule has 3 rings (SSSR count). The molecule has 3 heteroatoms. The van der Waals surface area contributed by atoms with Crippen LogP contribution in [0.4, 0.5) is 5.69 Å². The van der Waals surface area contributed by atoms with Crippen LogP contribution in [0.3, 0.4) is 0 Å². The zero-order chi connectivity index (χ0) is 17.3. The largest absolute Gasteiger partial charge is 0.481 e. The summed E-state index contributed by atoms with van der Waals surface area (Å²) in [4.78, 5) is 4.51. The molecule has 0 fully saturated rings. The maximum atomic E-state index is 5.78. The highest BCUT2D eigenvalue weighted by molar-refractivity contribution is 5.85. The second-order valence-electron chi connectivity index (χ2n) is 5.35. The highest BCUT2D eigenvalue weighted by Gasteiger charge is 2.05. The number of aryl methyl sites for hydroxylation is 1. The van der Waals surface area contributed by atoms with Crippen molar-refractivity contribution < 1.29 is 9.47 Å². The number of aliphatic imine (C=N–C) groups is 1. The minimum absolute atomic E-state index is 0.284. The van der Waals surface area contributed by atoms with Crippen molar-refractivity contribution in [2.45, 2.75) is 6.92 Å². The van der Waals surface area contributed by atoms with Gasteiger partial charge in [0.05, 0.1) is 5.69 Å². The average molecular weight is 327 g/mol. The van der Waals surface area contributed by atoms with Crippen molar-refractivity contribution in [2.24, 2.45) is 4.99 Å². The van der Waals surface area contributed by atoms with Crippen LogP contribution in [-0.2, 0) is 0 Å². The number of benzene rings is 2. The summed E-state index contributed by atoms with van der Waals surface area (Å²) in [5, 5.41) is 0. The molecule has 25 heavy (non-hydrogen) atoms. The zero-order valence-corrected chi connectivity index (χ0v) is 14.0. The summed E-state index contributed by atoms with van der Waals surface area (Å²) < 4.78 is 11.4. The second-order valence-corrected chi connectivity index (χ2v) is 5.35. The predicted molar refractivity (Wildman–Crippen MR) is 101 cm³/mol. The Hall–Kier alpha value is -3.43. The molecule has 2 bridgehead atoms. The van der Waals surface area contributed by atoms with Gasteiger partial charge in [-0.1, -0.05) is 41.4 Å². The van der Waals surface area contributed by atoms with Gasteiger partial charge < -0.3 is 9.47 Å². The molecule has 2 aromatic carbocycles. The fraction of sp³-hybridized carbons (Fsp3) is 0.136. The zero-order valence-electron chi connectivity index (χ0n) is 14.0. The number of rotatable bonds is 2. The van der Waals surface area contributed by atoms with Crippen LogP contribution in [0.5, 0.6) is 11.5 Å². The molecule has 0 radical (unpaired) electrons. The summed E-state index contributed by atoms with van der Waals surface area (Å²) in [5.74, 6) is 13.0. The molecule has 0 N–H and O–H groups in total. The minimum atomic E-state index is 0.284. The third kappa shape index (κ3) is 5.03. The van der Waals surface area contributed by atoms with Crippen molar-refractivity contribution in [3.63, 3.8) is 0 Å². The summed E-state index contributed by atoms with van der Waals surface area (Å²) in [5.41, 5.74) is 2.96. The molecule has 1 aliphatic heterocycles. The van der Waals surface area contributed by atoms with Crippen LogP contribution in [0.15, 0.2) is 59.6 Å². The normalized spacial score (nSPS) is 14.3. The van der Waals surface area contributed by atoms with Gasteiger partial charge in [0.15, 0.2) is 0 Å². The van der Waals surface area contributed by atoms with Crippen molar-refractivity contribution in [3.8, 4) is 35.2 Å². The highest BCUT2D eigenvalue weighted by atomic mass is 16.5. The van der Waals surface area contributed by atoms with E-state index in [9.17, 15) is 0 Å². The van der Waals surface area contributed by atoms with Gasteiger partial charge in [-0.3, -0.25) is 4.99 Å². The van der Waals surface area contributed by atoms with Crippen molar-refractivity contribution in [1.82, 2.24) is 0 Å². The molecule has 0 amide bonds. The molecule has 1 aliphatic rings. The van der Waals surface area contributed by atoms with E-state index < -0.39 is 0 Å². The van der Waals surface area contributed by atoms with E-state index in [4.69, 9.17) is 9.47 Å². The lowest BCUT2D eigenvalue weighted by atomic mass is 10.2. The van der Waals surface area contributed by atoms with Gasteiger partial charge in [-0.25, -0.2) is 0 Å². The Bertz CT molecular complexity index is 916. The molecule has 0 aromatic heterocycles. The van der Waals surface area contributed by atoms with Crippen LogP contribution in [0.2, 0.25) is 0 Å². The Balaban J connectivity index is 1.85. The maximum absolute atomic E-state index is 5.78. The molecule has 3 nitrogen and oxygen atoms in total. The van der Waals surface area contributed by atoms with E-state index in [2.05, 4.69) is 35.6 Å². The molecule has 0 unspecified atom stereocenters. The Morgan fingerprint density at radius 1 is 0.920 bits per heavy atom. The molecule has 1 heterocycles. The minimum Gasteiger partial charge on any atom is -0.481 e. The van der Waals surface area contributed by atoms with Crippen molar-refractivity contribution in [3.05, 3.63) is 65.7 Å². The van der Waals surface area contributed by atoms with E-state index in [1.165, 1.54) is 5.56 Å². The first-order valence-electron chi connectivity index (χ1n) is 7.93. The summed E-state index contributed by atoms with van der Waals surface area (Å²) in [6, 6.07) is 13.7. The van der Waals surface area contributed by atoms with Gasteiger partial charge in [-0.05, 0) is 43.3 Å². The molecule has 122 valence electrons. The summed E-state index contributed by atoms with van der Waals surface area (Å²) in [6.07, 6.45) is 5.18. The van der Waals surface area contributed by atoms with Crippen molar-refractivity contribution in [1.29, 1.82) is 0 Å². The van der Waals surface area contributed by atoms with Crippen LogP contribution >= 0.6 is 0 Å². The first kappa shape index (κ1) is 16.4. The monoisotopic (exact) mass is 327 g/mol. The van der Waals surface area contributed by atoms with Gasteiger partial charge in [0.2, 0.25) is 0 Å². The van der Waals surface area contributed by atoms with Crippen LogP contribution < -0.4 is 9.47 Å². The molecule has 0 saturated heterocycles. The number of fused-ring (bicyclic) bond motifs is 2. The Labute approximate surface area is 148 Å². The molecule has 0 spiro atoms. The quantitative estimate of drug-likeness (QED) is 0.615. The second kappa shape index (κ2) is 8.43. The van der Waals surface area contributed by atoms with Gasteiger partial charge in [0.25, 0.3) is 0 Å². The first-order chi connectivity index (χ1) is 12.3. The highest BCUT2D eigenvalue weighted by Crippen LogP contribution is 2.25. The van der Waals surface area contributed by atoms with Gasteiger partial charge in [0.1, 0.15) is 24.7 Å². The fourth-order valence-electron chi connectivity index (χ4n) is 2.13. The lowest BCUT2D eigenvalue weighted by molar-refractivity contribution is 0.351. The maximum Gasteiger partial charge on any atom is 0.149 e. The lowest BCUT2D eigenvalue weighted by Crippen LogP contribution is -2.00. The third-order valence-corrected chi connectivity index (χ3v) is 3.44. The third-order valence-electron chi connectivity index (χ3n) is 3.44. The SMILES string of the molecule is Cc1ccc(N=Cc2ccc3cc2OCC#C/C=C\C#CCO3)cc1. The van der Waals surface area contributed by atoms with E-state index in [-0.39, 0.29) is 6.61 Å². The Morgan fingerprint density at radius 3 is 2.40 bits per heavy atom. The van der Waals surface area contributed by atoms with E-state index in [1.54, 1.807) is 18.4 Å². The summed E-state index contributed by atoms with van der Waals surface area (Å²) >= 11 is 0. The first-order valence-corrected chi connectivity index (χ1v) is 7.93. The number of hydrogen-bond donors (Lipinski definition) is 0. The fourth-order valence-corrected chi connectivity index (χ4v) is 2.13. The molecular formula is C22H17NO2. The standard InChI is InChI=1S/C22H17NO2/c1-18-8-11-20(12-9-18)23-17-19-10-13-21-16-22(19)25-15-7-5-3-2-4-6-14-24-21/h2-3,8-13,16-17H,14-15H2,1H3/b3-2-,23-17?. The van der Waals surface area contributed by atoms with Gasteiger partial charge in [-0.15, -0.1) is 0 Å².